The monoisotopic (exact) mass is 232 g/mol. The molecule has 15 heavy (non-hydrogen) atoms. The minimum Gasteiger partial charge on any atom is -0.393 e. The predicted octanol–water partition coefficient (Wildman–Crippen LogP) is 1.66. The number of rotatable bonds is 9. The Hall–Kier alpha value is -0.190. The van der Waals surface area contributed by atoms with Crippen LogP contribution in [0.15, 0.2) is 0 Å². The fourth-order valence-electron chi connectivity index (χ4n) is 1.30. The molecule has 0 radical (unpaired) electrons. The van der Waals surface area contributed by atoms with Crippen LogP contribution in [0, 0.1) is 5.92 Å². The summed E-state index contributed by atoms with van der Waals surface area (Å²) in [4.78, 5) is 2.92. The molecule has 3 nitrogen and oxygen atoms in total. The molecule has 0 aromatic carbocycles. The van der Waals surface area contributed by atoms with Crippen molar-refractivity contribution >= 4 is 17.2 Å². The Morgan fingerprint density at radius 2 is 2.07 bits per heavy atom. The van der Waals surface area contributed by atoms with Crippen LogP contribution in [0.3, 0.4) is 0 Å². The average Bonchev–Trinajstić information content (AvgIpc) is 2.22. The summed E-state index contributed by atoms with van der Waals surface area (Å²) in [7, 11) is 0. The van der Waals surface area contributed by atoms with Gasteiger partial charge in [0.1, 0.15) is 0 Å². The summed E-state index contributed by atoms with van der Waals surface area (Å²) >= 11 is 4.96. The molecule has 0 saturated carbocycles. The van der Waals surface area contributed by atoms with E-state index in [1.54, 1.807) is 0 Å². The van der Waals surface area contributed by atoms with Crippen LogP contribution in [0.1, 0.15) is 27.2 Å². The molecule has 0 amide bonds. The number of nitrogens with zero attached hydrogens (tertiary/aromatic N) is 1. The lowest BCUT2D eigenvalue weighted by Gasteiger charge is -2.23. The Balaban J connectivity index is 3.67. The molecule has 1 atom stereocenters. The van der Waals surface area contributed by atoms with Gasteiger partial charge in [0.2, 0.25) is 0 Å². The summed E-state index contributed by atoms with van der Waals surface area (Å²) in [6, 6.07) is 0. The number of ether oxygens (including phenoxy) is 1. The second-order valence-electron chi connectivity index (χ2n) is 3.81. The lowest BCUT2D eigenvalue weighted by Crippen LogP contribution is -2.36. The molecule has 0 aromatic heterocycles. The minimum absolute atomic E-state index is 0.283. The van der Waals surface area contributed by atoms with Gasteiger partial charge in [0.25, 0.3) is 0 Å². The number of hydrogen-bond donors (Lipinski definition) is 1. The number of nitrogens with two attached hydrogens (primary N) is 1. The molecule has 0 bridgehead atoms. The molecule has 90 valence electrons. The molecule has 0 aromatic rings. The van der Waals surface area contributed by atoms with E-state index in [2.05, 4.69) is 25.7 Å². The molecule has 0 heterocycles. The SMILES string of the molecule is CCCOCCN(CC)CC(C)C(N)=S. The first-order valence-electron chi connectivity index (χ1n) is 5.71. The zero-order valence-electron chi connectivity index (χ0n) is 10.2. The molecular formula is C11H24N2OS. The van der Waals surface area contributed by atoms with Gasteiger partial charge in [-0.3, -0.25) is 0 Å². The summed E-state index contributed by atoms with van der Waals surface area (Å²) in [5, 5.41) is 0. The molecule has 0 aliphatic heterocycles. The van der Waals surface area contributed by atoms with Crippen molar-refractivity contribution in [1.29, 1.82) is 0 Å². The van der Waals surface area contributed by atoms with Crippen molar-refractivity contribution in [2.24, 2.45) is 11.7 Å². The van der Waals surface area contributed by atoms with Crippen LogP contribution in [0.25, 0.3) is 0 Å². The van der Waals surface area contributed by atoms with Crippen molar-refractivity contribution in [3.05, 3.63) is 0 Å². The number of thiocarbonyl (C=S) groups is 1. The maximum absolute atomic E-state index is 5.59. The maximum Gasteiger partial charge on any atom is 0.0768 e. The fraction of sp³-hybridized carbons (Fsp3) is 0.909. The maximum atomic E-state index is 5.59. The van der Waals surface area contributed by atoms with Gasteiger partial charge in [-0.05, 0) is 13.0 Å². The van der Waals surface area contributed by atoms with Crippen LogP contribution >= 0.6 is 12.2 Å². The van der Waals surface area contributed by atoms with Crippen LogP contribution in [-0.2, 0) is 4.74 Å². The Labute approximate surface area is 99.0 Å². The van der Waals surface area contributed by atoms with Gasteiger partial charge >= 0.3 is 0 Å². The highest BCUT2D eigenvalue weighted by molar-refractivity contribution is 7.80. The van der Waals surface area contributed by atoms with Crippen molar-refractivity contribution in [2.45, 2.75) is 27.2 Å². The standard InChI is InChI=1S/C11H24N2OS/c1-4-7-14-8-6-13(5-2)9-10(3)11(12)15/h10H,4-9H2,1-3H3,(H2,12,15). The summed E-state index contributed by atoms with van der Waals surface area (Å²) in [6.07, 6.45) is 1.08. The van der Waals surface area contributed by atoms with Crippen molar-refractivity contribution in [1.82, 2.24) is 4.90 Å². The lowest BCUT2D eigenvalue weighted by molar-refractivity contribution is 0.104. The van der Waals surface area contributed by atoms with E-state index < -0.39 is 0 Å². The highest BCUT2D eigenvalue weighted by atomic mass is 32.1. The van der Waals surface area contributed by atoms with E-state index in [-0.39, 0.29) is 5.92 Å². The minimum atomic E-state index is 0.283. The van der Waals surface area contributed by atoms with Gasteiger partial charge in [-0.15, -0.1) is 0 Å². The normalized spacial score (nSPS) is 13.1. The van der Waals surface area contributed by atoms with E-state index in [4.69, 9.17) is 22.7 Å². The Bertz CT molecular complexity index is 176. The topological polar surface area (TPSA) is 38.5 Å². The van der Waals surface area contributed by atoms with Gasteiger partial charge in [0.15, 0.2) is 0 Å². The first-order valence-corrected chi connectivity index (χ1v) is 6.12. The van der Waals surface area contributed by atoms with E-state index in [0.29, 0.717) is 4.99 Å². The largest absolute Gasteiger partial charge is 0.393 e. The van der Waals surface area contributed by atoms with E-state index in [9.17, 15) is 0 Å². The molecule has 2 N–H and O–H groups in total. The fourth-order valence-corrected chi connectivity index (χ4v) is 1.37. The van der Waals surface area contributed by atoms with E-state index >= 15 is 0 Å². The number of hydrogen-bond acceptors (Lipinski definition) is 3. The summed E-state index contributed by atoms with van der Waals surface area (Å²) < 4.78 is 5.45. The summed E-state index contributed by atoms with van der Waals surface area (Å²) in [6.45, 7) is 10.9. The highest BCUT2D eigenvalue weighted by Crippen LogP contribution is 2.00. The van der Waals surface area contributed by atoms with Gasteiger partial charge in [0.05, 0.1) is 11.6 Å². The molecule has 0 saturated heterocycles. The second-order valence-corrected chi connectivity index (χ2v) is 4.28. The van der Waals surface area contributed by atoms with Crippen LogP contribution < -0.4 is 5.73 Å². The number of likely N-dealkylation sites (N-methyl/N-ethyl adjacent to an activating group) is 1. The molecule has 0 rings (SSSR count). The molecule has 4 heteroatoms. The zero-order chi connectivity index (χ0) is 11.7. The van der Waals surface area contributed by atoms with Crippen molar-refractivity contribution in [2.75, 3.05) is 32.8 Å². The Kier molecular flexibility index (Phi) is 8.95. The van der Waals surface area contributed by atoms with Crippen molar-refractivity contribution < 1.29 is 4.74 Å². The van der Waals surface area contributed by atoms with E-state index in [0.717, 1.165) is 39.3 Å². The average molecular weight is 232 g/mol. The second kappa shape index (κ2) is 9.07. The van der Waals surface area contributed by atoms with Gasteiger partial charge in [0, 0.05) is 25.6 Å². The predicted molar refractivity (Wildman–Crippen MR) is 69.2 cm³/mol. The van der Waals surface area contributed by atoms with Crippen LogP contribution in [-0.4, -0.2) is 42.7 Å². The molecule has 0 aliphatic rings. The third-order valence-electron chi connectivity index (χ3n) is 2.37. The van der Waals surface area contributed by atoms with Crippen LogP contribution in [0.5, 0.6) is 0 Å². The van der Waals surface area contributed by atoms with Crippen LogP contribution in [0.4, 0.5) is 0 Å². The Morgan fingerprint density at radius 1 is 1.40 bits per heavy atom. The molecule has 0 spiro atoms. The molecule has 0 aliphatic carbocycles. The first kappa shape index (κ1) is 14.8. The smallest absolute Gasteiger partial charge is 0.0768 e. The lowest BCUT2D eigenvalue weighted by atomic mass is 10.1. The van der Waals surface area contributed by atoms with Gasteiger partial charge in [-0.1, -0.05) is 33.0 Å². The zero-order valence-corrected chi connectivity index (χ0v) is 11.0. The summed E-state index contributed by atoms with van der Waals surface area (Å²) in [5.41, 5.74) is 5.59. The van der Waals surface area contributed by atoms with E-state index in [1.807, 2.05) is 0 Å². The molecular weight excluding hydrogens is 208 g/mol. The van der Waals surface area contributed by atoms with Crippen LogP contribution in [0.2, 0.25) is 0 Å². The van der Waals surface area contributed by atoms with Crippen molar-refractivity contribution in [3.63, 3.8) is 0 Å². The molecule has 1 unspecified atom stereocenters. The summed E-state index contributed by atoms with van der Waals surface area (Å²) in [5.74, 6) is 0.283. The first-order chi connectivity index (χ1) is 7.11. The third kappa shape index (κ3) is 7.71. The highest BCUT2D eigenvalue weighted by Gasteiger charge is 2.10. The Morgan fingerprint density at radius 3 is 2.53 bits per heavy atom. The third-order valence-corrected chi connectivity index (χ3v) is 2.77. The quantitative estimate of drug-likeness (QED) is 0.485. The van der Waals surface area contributed by atoms with Gasteiger partial charge in [-0.2, -0.15) is 0 Å². The van der Waals surface area contributed by atoms with Gasteiger partial charge < -0.3 is 15.4 Å². The molecule has 0 fully saturated rings. The van der Waals surface area contributed by atoms with Crippen molar-refractivity contribution in [3.8, 4) is 0 Å². The van der Waals surface area contributed by atoms with Gasteiger partial charge in [-0.25, -0.2) is 0 Å². The van der Waals surface area contributed by atoms with E-state index in [1.165, 1.54) is 0 Å².